The van der Waals surface area contributed by atoms with E-state index in [2.05, 4.69) is 0 Å². The Morgan fingerprint density at radius 3 is 2.26 bits per heavy atom. The van der Waals surface area contributed by atoms with Crippen molar-refractivity contribution in [2.45, 2.75) is 25.9 Å². The molecule has 1 aromatic carbocycles. The van der Waals surface area contributed by atoms with Gasteiger partial charge in [0.2, 0.25) is 0 Å². The fraction of sp³-hybridized carbons (Fsp3) is 0.250. The minimum atomic E-state index is -2.57. The quantitative estimate of drug-likeness (QED) is 0.709. The maximum Gasteiger partial charge on any atom is 0.141 e. The van der Waals surface area contributed by atoms with Gasteiger partial charge >= 0.3 is 0 Å². The van der Waals surface area contributed by atoms with Crippen molar-refractivity contribution in [2.75, 3.05) is 0 Å². The van der Waals surface area contributed by atoms with Crippen molar-refractivity contribution in [3.8, 4) is 0 Å². The van der Waals surface area contributed by atoms with Gasteiger partial charge in [-0.3, -0.25) is 0 Å². The number of benzene rings is 1. The largest absolute Gasteiger partial charge is 0.314 e. The zero-order valence-electron chi connectivity index (χ0n) is 11.5. The Labute approximate surface area is 119 Å². The van der Waals surface area contributed by atoms with Crippen LogP contribution >= 0.6 is 18.5 Å². The molecular formula is C16H19OPS. The van der Waals surface area contributed by atoms with Crippen LogP contribution in [0.15, 0.2) is 53.7 Å². The molecule has 0 saturated heterocycles. The lowest BCUT2D eigenvalue weighted by Gasteiger charge is -2.29. The van der Waals surface area contributed by atoms with Crippen molar-refractivity contribution in [3.63, 3.8) is 0 Å². The second kappa shape index (κ2) is 5.48. The highest BCUT2D eigenvalue weighted by Crippen LogP contribution is 2.58. The van der Waals surface area contributed by atoms with Crippen LogP contribution in [0.5, 0.6) is 0 Å². The van der Waals surface area contributed by atoms with Crippen molar-refractivity contribution in [3.05, 3.63) is 58.5 Å². The summed E-state index contributed by atoms with van der Waals surface area (Å²) in [5, 5.41) is 2.68. The van der Waals surface area contributed by atoms with Crippen LogP contribution in [0.1, 0.15) is 25.6 Å². The van der Waals surface area contributed by atoms with E-state index in [-0.39, 0.29) is 5.16 Å². The molecule has 0 bridgehead atoms. The molecule has 0 spiro atoms. The summed E-state index contributed by atoms with van der Waals surface area (Å²) in [6.07, 6.45) is 1.99. The number of hydrogen-bond donors (Lipinski definition) is 0. The van der Waals surface area contributed by atoms with Crippen molar-refractivity contribution in [1.29, 1.82) is 0 Å². The Morgan fingerprint density at radius 1 is 1.05 bits per heavy atom. The van der Waals surface area contributed by atoms with Crippen LogP contribution in [0.2, 0.25) is 0 Å². The first kappa shape index (κ1) is 14.3. The first-order chi connectivity index (χ1) is 8.93. The van der Waals surface area contributed by atoms with E-state index < -0.39 is 7.14 Å². The highest BCUT2D eigenvalue weighted by atomic mass is 32.1. The molecule has 1 heterocycles. The van der Waals surface area contributed by atoms with E-state index in [9.17, 15) is 4.57 Å². The first-order valence-electron chi connectivity index (χ1n) is 6.32. The summed E-state index contributed by atoms with van der Waals surface area (Å²) >= 11 is 1.66. The highest BCUT2D eigenvalue weighted by molar-refractivity contribution is 7.76. The summed E-state index contributed by atoms with van der Waals surface area (Å²) in [5.41, 5.74) is 0. The lowest BCUT2D eigenvalue weighted by molar-refractivity contribution is 0.563. The average Bonchev–Trinajstić information content (AvgIpc) is 2.89. The van der Waals surface area contributed by atoms with Gasteiger partial charge in [-0.05, 0) is 23.3 Å². The van der Waals surface area contributed by atoms with Gasteiger partial charge in [0.25, 0.3) is 0 Å². The Kier molecular flexibility index (Phi) is 4.13. The van der Waals surface area contributed by atoms with Crippen molar-refractivity contribution in [1.82, 2.24) is 0 Å². The second-order valence-corrected chi connectivity index (χ2v) is 9.95. The van der Waals surface area contributed by atoms with Gasteiger partial charge in [0, 0.05) is 15.3 Å². The lowest BCUT2D eigenvalue weighted by atomic mass is 10.3. The van der Waals surface area contributed by atoms with E-state index in [0.29, 0.717) is 0 Å². The van der Waals surface area contributed by atoms with E-state index in [4.69, 9.17) is 0 Å². The average molecular weight is 290 g/mol. The van der Waals surface area contributed by atoms with E-state index in [0.717, 1.165) is 10.2 Å². The molecule has 1 aromatic heterocycles. The van der Waals surface area contributed by atoms with Crippen LogP contribution in [0.3, 0.4) is 0 Å². The second-order valence-electron chi connectivity index (χ2n) is 5.50. The Morgan fingerprint density at radius 2 is 1.74 bits per heavy atom. The smallest absolute Gasteiger partial charge is 0.141 e. The Bertz CT molecular complexity index is 591. The minimum absolute atomic E-state index is 0.276. The van der Waals surface area contributed by atoms with Gasteiger partial charge in [-0.25, -0.2) is 0 Å². The number of hydrogen-bond acceptors (Lipinski definition) is 2. The molecule has 2 rings (SSSR count). The Hall–Kier alpha value is -1.11. The maximum absolute atomic E-state index is 13.4. The number of thiophene rings is 1. The molecule has 0 amide bonds. The first-order valence-corrected chi connectivity index (χ1v) is 8.97. The fourth-order valence-corrected chi connectivity index (χ4v) is 5.01. The number of rotatable bonds is 3. The summed E-state index contributed by atoms with van der Waals surface area (Å²) in [4.78, 5) is 1.14. The van der Waals surface area contributed by atoms with Crippen LogP contribution in [-0.4, -0.2) is 5.16 Å². The maximum atomic E-state index is 13.4. The summed E-state index contributed by atoms with van der Waals surface area (Å²) in [7, 11) is -2.57. The lowest BCUT2D eigenvalue weighted by Crippen LogP contribution is -2.21. The predicted molar refractivity (Wildman–Crippen MR) is 86.8 cm³/mol. The van der Waals surface area contributed by atoms with Gasteiger partial charge < -0.3 is 4.57 Å². The molecule has 0 saturated carbocycles. The van der Waals surface area contributed by atoms with Gasteiger partial charge in [0.1, 0.15) is 7.14 Å². The molecule has 0 radical (unpaired) electrons. The van der Waals surface area contributed by atoms with Gasteiger partial charge in [0.05, 0.1) is 0 Å². The molecule has 2 aromatic rings. The standard InChI is InChI=1S/C16H19OPS/c1-16(2,3)18(17,14-8-5-4-6-9-14)12-11-15-10-7-13-19-15/h4-13H,1-3H3/b12-11+/t18-/m0/s1. The molecular weight excluding hydrogens is 271 g/mol. The molecule has 100 valence electrons. The Balaban J connectivity index is 2.45. The normalized spacial score (nSPS) is 15.5. The minimum Gasteiger partial charge on any atom is -0.314 e. The fourth-order valence-electron chi connectivity index (χ4n) is 1.91. The molecule has 0 unspecified atom stereocenters. The van der Waals surface area contributed by atoms with Gasteiger partial charge in [0.15, 0.2) is 0 Å². The third-order valence-electron chi connectivity index (χ3n) is 3.13. The van der Waals surface area contributed by atoms with Crippen LogP contribution in [0.4, 0.5) is 0 Å². The van der Waals surface area contributed by atoms with Crippen molar-refractivity contribution >= 4 is 29.9 Å². The topological polar surface area (TPSA) is 17.1 Å². The van der Waals surface area contributed by atoms with Crippen LogP contribution < -0.4 is 5.30 Å². The highest BCUT2D eigenvalue weighted by Gasteiger charge is 2.35. The zero-order chi connectivity index (χ0) is 13.9. The monoisotopic (exact) mass is 290 g/mol. The molecule has 0 aliphatic carbocycles. The van der Waals surface area contributed by atoms with Crippen LogP contribution in [0.25, 0.3) is 6.08 Å². The third kappa shape index (κ3) is 3.08. The molecule has 0 fully saturated rings. The van der Waals surface area contributed by atoms with Crippen LogP contribution in [0, 0.1) is 0 Å². The molecule has 1 nitrogen and oxygen atoms in total. The van der Waals surface area contributed by atoms with Crippen LogP contribution in [-0.2, 0) is 4.57 Å². The molecule has 0 aliphatic heterocycles. The summed E-state index contributed by atoms with van der Waals surface area (Å²) in [5.74, 6) is 1.91. The van der Waals surface area contributed by atoms with E-state index in [1.807, 2.05) is 80.5 Å². The molecule has 0 aliphatic rings. The van der Waals surface area contributed by atoms with E-state index in [1.54, 1.807) is 11.3 Å². The molecule has 19 heavy (non-hydrogen) atoms. The van der Waals surface area contributed by atoms with Gasteiger partial charge in [-0.15, -0.1) is 11.3 Å². The summed E-state index contributed by atoms with van der Waals surface area (Å²) in [6.45, 7) is 6.12. The molecule has 0 N–H and O–H groups in total. The van der Waals surface area contributed by atoms with Crippen molar-refractivity contribution < 1.29 is 4.57 Å². The van der Waals surface area contributed by atoms with E-state index >= 15 is 0 Å². The zero-order valence-corrected chi connectivity index (χ0v) is 13.2. The van der Waals surface area contributed by atoms with Gasteiger partial charge in [-0.2, -0.15) is 0 Å². The van der Waals surface area contributed by atoms with E-state index in [1.165, 1.54) is 0 Å². The summed E-state index contributed by atoms with van der Waals surface area (Å²) < 4.78 is 13.4. The molecule has 3 heteroatoms. The summed E-state index contributed by atoms with van der Waals surface area (Å²) in [6, 6.07) is 13.8. The molecule has 1 atom stereocenters. The predicted octanol–water partition coefficient (Wildman–Crippen LogP) is 5.21. The van der Waals surface area contributed by atoms with Gasteiger partial charge in [-0.1, -0.05) is 57.2 Å². The third-order valence-corrected chi connectivity index (χ3v) is 7.59. The van der Waals surface area contributed by atoms with Crippen molar-refractivity contribution in [2.24, 2.45) is 0 Å². The SMILES string of the molecule is CC(C)(C)[P@](=O)(/C=C/c1cccs1)c1ccccc1.